The molecule has 3 heterocycles. The number of carbonyl (C=O) groups excluding carboxylic acids is 1. The second kappa shape index (κ2) is 19.5. The Bertz CT molecular complexity index is 2090. The molecule has 24 atom stereocenters. The van der Waals surface area contributed by atoms with Gasteiger partial charge in [0.2, 0.25) is 12.6 Å². The van der Waals surface area contributed by atoms with Crippen LogP contribution in [0.3, 0.4) is 0 Å². The second-order valence-electron chi connectivity index (χ2n) is 24.0. The van der Waals surface area contributed by atoms with Gasteiger partial charge in [0, 0.05) is 0 Å². The Morgan fingerprint density at radius 1 is 0.634 bits per heavy atom. The molecular weight excluding hydrogens is 961 g/mol. The minimum atomic E-state index is -5.32. The van der Waals surface area contributed by atoms with Crippen LogP contribution in [0.2, 0.25) is 0 Å². The van der Waals surface area contributed by atoms with E-state index >= 15 is 0 Å². The molecule has 0 aromatic heterocycles. The Labute approximate surface area is 414 Å². The number of allylic oxidation sites excluding steroid dienone is 2. The number of aliphatic hydroxyl groups excluding tert-OH is 12. The Hall–Kier alpha value is -1.56. The normalized spacial score (nSPS) is 51.7. The topological polar surface area (TPSA) is 359 Å². The van der Waals surface area contributed by atoms with E-state index in [9.17, 15) is 74.5 Å². The van der Waals surface area contributed by atoms with E-state index in [1.54, 1.807) is 0 Å². The van der Waals surface area contributed by atoms with Crippen LogP contribution in [-0.2, 0) is 47.2 Å². The van der Waals surface area contributed by atoms with Crippen molar-refractivity contribution < 1.29 is 107 Å². The van der Waals surface area contributed by atoms with Crippen molar-refractivity contribution in [1.29, 1.82) is 0 Å². The molecule has 0 bridgehead atoms. The SMILES string of the molecule is CC1(C)CCC2(C(=O)O[C@@H]3O[C@H](CO)[C@@H](O)[C@H](O)[C@H]3O)C(O)CC3(C)C(=CCC4C5(C)CCC(O[C@@H]6O[C@H](CO)[C@@H](O)[C@H](O)[C@H]6OS(=O)(=O)O[C@@H]6O[C@H](CO)[C@@H](O)[C@H](O)[C@H]6O)C(C)(C)C5CCC43C)C2C1. The number of esters is 1. The molecule has 5 aliphatic carbocycles. The van der Waals surface area contributed by atoms with Crippen molar-refractivity contribution in [1.82, 2.24) is 0 Å². The van der Waals surface area contributed by atoms with E-state index in [2.05, 4.69) is 40.7 Å². The number of rotatable bonds is 11. The molecule has 71 heavy (non-hydrogen) atoms. The van der Waals surface area contributed by atoms with Gasteiger partial charge in [-0.15, -0.1) is 0 Å². The molecule has 0 spiro atoms. The molecule has 0 aromatic rings. The summed E-state index contributed by atoms with van der Waals surface area (Å²) in [6, 6.07) is 0. The summed E-state index contributed by atoms with van der Waals surface area (Å²) >= 11 is 0. The van der Waals surface area contributed by atoms with Crippen molar-refractivity contribution >= 4 is 16.4 Å². The zero-order valence-electron chi connectivity index (χ0n) is 41.5. The standard InChI is InChI=1S/C48H78O22S/c1-43(2)14-15-48(42(61)68-39-36(59)33(56)30(53)23(18-49)64-39)22(16-43)21-8-9-27-45(5)12-11-29(44(3,4)26(45)10-13-46(27,6)47(21,7)17-28(48)52)67-41-38(35(58)32(55)25(20-51)66-41)69-71(62,63)70-40-37(60)34(57)31(54)24(19-50)65-40/h8,22-41,49-60H,9-20H2,1-7H3/t22?,23-,24-,25-,26?,27?,28?,29?,30-,31-,32-,33+,34+,35+,36-,37-,38-,39+,40+,41+,45?,46?,47?,48?/m1/s1. The predicted octanol–water partition coefficient (Wildman–Crippen LogP) is -1.63. The summed E-state index contributed by atoms with van der Waals surface area (Å²) in [5.41, 5.74) is -2.60. The molecule has 23 heteroatoms. The molecule has 3 saturated heterocycles. The Balaban J connectivity index is 1.04. The highest BCUT2D eigenvalue weighted by atomic mass is 32.3. The number of hydrogen-bond acceptors (Lipinski definition) is 22. The lowest BCUT2D eigenvalue weighted by atomic mass is 9.33. The van der Waals surface area contributed by atoms with Crippen molar-refractivity contribution in [3.8, 4) is 0 Å². The predicted molar refractivity (Wildman–Crippen MR) is 242 cm³/mol. The van der Waals surface area contributed by atoms with E-state index in [4.69, 9.17) is 32.1 Å². The zero-order valence-corrected chi connectivity index (χ0v) is 42.3. The summed E-state index contributed by atoms with van der Waals surface area (Å²) in [7, 11) is -5.32. The Kier molecular flexibility index (Phi) is 15.3. The highest BCUT2D eigenvalue weighted by Gasteiger charge is 2.72. The van der Waals surface area contributed by atoms with E-state index in [0.717, 1.165) is 5.57 Å². The maximum atomic E-state index is 14.7. The number of fused-ring (bicyclic) bond motifs is 7. The van der Waals surface area contributed by atoms with E-state index in [1.807, 2.05) is 13.8 Å². The summed E-state index contributed by atoms with van der Waals surface area (Å²) in [5, 5.41) is 127. The Morgan fingerprint density at radius 3 is 1.77 bits per heavy atom. The number of aliphatic hydroxyl groups is 12. The van der Waals surface area contributed by atoms with Gasteiger partial charge < -0.3 is 85.0 Å². The lowest BCUT2D eigenvalue weighted by molar-refractivity contribution is -0.327. The van der Waals surface area contributed by atoms with Crippen LogP contribution in [0.5, 0.6) is 0 Å². The molecule has 408 valence electrons. The van der Waals surface area contributed by atoms with Crippen LogP contribution in [0.15, 0.2) is 11.6 Å². The molecule has 22 nitrogen and oxygen atoms in total. The van der Waals surface area contributed by atoms with Crippen LogP contribution in [-0.4, -0.2) is 200 Å². The van der Waals surface area contributed by atoms with Crippen molar-refractivity contribution in [3.05, 3.63) is 11.6 Å². The first-order valence-corrected chi connectivity index (χ1v) is 26.4. The molecule has 0 amide bonds. The van der Waals surface area contributed by atoms with Gasteiger partial charge in [-0.25, -0.2) is 8.37 Å². The summed E-state index contributed by atoms with van der Waals surface area (Å²) in [5.74, 6) is -1.20. The van der Waals surface area contributed by atoms with Gasteiger partial charge >= 0.3 is 16.4 Å². The molecule has 8 rings (SSSR count). The largest absolute Gasteiger partial charge is 0.432 e. The molecule has 0 radical (unpaired) electrons. The minimum absolute atomic E-state index is 0.0227. The quantitative estimate of drug-likeness (QED) is 0.0628. The van der Waals surface area contributed by atoms with Crippen LogP contribution in [0.1, 0.15) is 106 Å². The van der Waals surface area contributed by atoms with Gasteiger partial charge in [-0.05, 0) is 103 Å². The molecular formula is C48H78O22S. The summed E-state index contributed by atoms with van der Waals surface area (Å²) in [4.78, 5) is 14.7. The average Bonchev–Trinajstić information content (AvgIpc) is 3.29. The second-order valence-corrected chi connectivity index (χ2v) is 25.2. The highest BCUT2D eigenvalue weighted by molar-refractivity contribution is 7.81. The van der Waals surface area contributed by atoms with Gasteiger partial charge in [-0.2, -0.15) is 8.42 Å². The van der Waals surface area contributed by atoms with E-state index < -0.39 is 168 Å². The lowest BCUT2D eigenvalue weighted by Crippen LogP contribution is -2.68. The number of ether oxygens (including phenoxy) is 5. The number of hydrogen-bond donors (Lipinski definition) is 12. The molecule has 9 unspecified atom stereocenters. The molecule has 8 aliphatic rings. The smallest absolute Gasteiger partial charge is 0.403 e. The van der Waals surface area contributed by atoms with Gasteiger partial charge in [-0.1, -0.05) is 60.1 Å². The molecule has 0 aromatic carbocycles. The molecule has 12 N–H and O–H groups in total. The first kappa shape index (κ1) is 55.7. The minimum Gasteiger partial charge on any atom is -0.432 e. The molecule has 4 saturated carbocycles. The van der Waals surface area contributed by atoms with Crippen LogP contribution >= 0.6 is 0 Å². The summed E-state index contributed by atoms with van der Waals surface area (Å²) in [6.45, 7) is 12.8. The number of carbonyl (C=O) groups is 1. The van der Waals surface area contributed by atoms with Crippen molar-refractivity contribution in [2.45, 2.75) is 211 Å². The van der Waals surface area contributed by atoms with Crippen molar-refractivity contribution in [2.75, 3.05) is 19.8 Å². The first-order chi connectivity index (χ1) is 33.0. The van der Waals surface area contributed by atoms with Crippen LogP contribution in [0, 0.1) is 50.2 Å². The van der Waals surface area contributed by atoms with Crippen molar-refractivity contribution in [3.63, 3.8) is 0 Å². The van der Waals surface area contributed by atoms with E-state index in [0.29, 0.717) is 44.9 Å². The third-order valence-electron chi connectivity index (χ3n) is 19.5. The monoisotopic (exact) mass is 1040 g/mol. The zero-order chi connectivity index (χ0) is 52.3. The maximum Gasteiger partial charge on any atom is 0.403 e. The van der Waals surface area contributed by atoms with Crippen LogP contribution in [0.4, 0.5) is 0 Å². The van der Waals surface area contributed by atoms with Gasteiger partial charge in [0.05, 0.1) is 32.0 Å². The average molecular weight is 1040 g/mol. The van der Waals surface area contributed by atoms with Crippen LogP contribution < -0.4 is 0 Å². The van der Waals surface area contributed by atoms with Gasteiger partial charge in [0.15, 0.2) is 12.4 Å². The van der Waals surface area contributed by atoms with Crippen LogP contribution in [0.25, 0.3) is 0 Å². The van der Waals surface area contributed by atoms with E-state index in [-0.39, 0.29) is 35.5 Å². The fraction of sp³-hybridized carbons (Fsp3) is 0.938. The Morgan fingerprint density at radius 2 is 1.18 bits per heavy atom. The fourth-order valence-electron chi connectivity index (χ4n) is 15.2. The maximum absolute atomic E-state index is 14.7. The first-order valence-electron chi connectivity index (χ1n) is 25.1. The van der Waals surface area contributed by atoms with Gasteiger partial charge in [0.1, 0.15) is 72.6 Å². The molecule has 3 aliphatic heterocycles. The van der Waals surface area contributed by atoms with Gasteiger partial charge in [0.25, 0.3) is 0 Å². The lowest BCUT2D eigenvalue weighted by Gasteiger charge is -2.71. The highest BCUT2D eigenvalue weighted by Crippen LogP contribution is 2.76. The van der Waals surface area contributed by atoms with E-state index in [1.165, 1.54) is 0 Å². The summed E-state index contributed by atoms with van der Waals surface area (Å²) in [6.07, 6.45) is -21.7. The van der Waals surface area contributed by atoms with Crippen molar-refractivity contribution in [2.24, 2.45) is 50.2 Å². The molecule has 7 fully saturated rings. The summed E-state index contributed by atoms with van der Waals surface area (Å²) < 4.78 is 66.3. The fourth-order valence-corrected chi connectivity index (χ4v) is 16.1. The third-order valence-corrected chi connectivity index (χ3v) is 20.4. The third kappa shape index (κ3) is 8.98. The van der Waals surface area contributed by atoms with Gasteiger partial charge in [-0.3, -0.25) is 4.79 Å².